The quantitative estimate of drug-likeness (QED) is 0.824. The highest BCUT2D eigenvalue weighted by Gasteiger charge is 2.13. The first-order chi connectivity index (χ1) is 9.65. The van der Waals surface area contributed by atoms with E-state index in [0.29, 0.717) is 11.3 Å². The van der Waals surface area contributed by atoms with Gasteiger partial charge in [0.1, 0.15) is 5.75 Å². The number of ether oxygens (including phenoxy) is 2. The Bertz CT molecular complexity index is 628. The van der Waals surface area contributed by atoms with E-state index in [-0.39, 0.29) is 23.7 Å². The third-order valence-corrected chi connectivity index (χ3v) is 2.67. The van der Waals surface area contributed by atoms with Gasteiger partial charge in [-0.15, -0.1) is 0 Å². The van der Waals surface area contributed by atoms with Crippen LogP contribution in [0.1, 0.15) is 15.9 Å². The molecule has 6 heteroatoms. The lowest BCUT2D eigenvalue weighted by molar-refractivity contribution is 0.0601. The van der Waals surface area contributed by atoms with Crippen molar-refractivity contribution >= 4 is 11.7 Å². The van der Waals surface area contributed by atoms with Crippen LogP contribution in [0.3, 0.4) is 0 Å². The number of esters is 1. The summed E-state index contributed by atoms with van der Waals surface area (Å²) >= 11 is 0. The fourth-order valence-corrected chi connectivity index (χ4v) is 1.64. The number of nitrogens with two attached hydrogens (primary N) is 1. The highest BCUT2D eigenvalue weighted by Crippen LogP contribution is 2.26. The van der Waals surface area contributed by atoms with Crippen LogP contribution in [0.4, 0.5) is 5.69 Å². The van der Waals surface area contributed by atoms with Gasteiger partial charge in [-0.25, -0.2) is 9.78 Å². The van der Waals surface area contributed by atoms with Crippen molar-refractivity contribution in [3.8, 4) is 11.6 Å². The Morgan fingerprint density at radius 3 is 2.85 bits per heavy atom. The maximum atomic E-state index is 11.5. The number of hydrogen-bond donors (Lipinski definition) is 2. The van der Waals surface area contributed by atoms with Crippen molar-refractivity contribution in [1.29, 1.82) is 0 Å². The number of nitrogen functional groups attached to an aromatic ring is 1. The van der Waals surface area contributed by atoms with E-state index < -0.39 is 5.97 Å². The van der Waals surface area contributed by atoms with Crippen LogP contribution in [-0.4, -0.2) is 23.2 Å². The van der Waals surface area contributed by atoms with Gasteiger partial charge in [-0.1, -0.05) is 18.2 Å². The summed E-state index contributed by atoms with van der Waals surface area (Å²) < 4.78 is 10.2. The van der Waals surface area contributed by atoms with Crippen LogP contribution in [0, 0.1) is 0 Å². The standard InChI is InChI=1S/C14H14N2O4/c1-19-14(18)10-6-13(16-7-11(10)15)20-12-5-3-2-4-9(12)8-17/h2-7,17H,8,15H2,1H3. The summed E-state index contributed by atoms with van der Waals surface area (Å²) in [7, 11) is 1.27. The molecule has 0 atom stereocenters. The Balaban J connectivity index is 2.32. The first kappa shape index (κ1) is 13.8. The van der Waals surface area contributed by atoms with E-state index in [1.165, 1.54) is 19.4 Å². The average Bonchev–Trinajstić information content (AvgIpc) is 2.49. The number of rotatable bonds is 4. The third-order valence-electron chi connectivity index (χ3n) is 2.67. The maximum Gasteiger partial charge on any atom is 0.340 e. The summed E-state index contributed by atoms with van der Waals surface area (Å²) in [4.78, 5) is 15.5. The van der Waals surface area contributed by atoms with Crippen molar-refractivity contribution in [2.24, 2.45) is 0 Å². The molecule has 1 heterocycles. The summed E-state index contributed by atoms with van der Waals surface area (Å²) in [5.74, 6) is 0.0915. The molecule has 0 aliphatic carbocycles. The van der Waals surface area contributed by atoms with Crippen molar-refractivity contribution in [3.05, 3.63) is 47.7 Å². The van der Waals surface area contributed by atoms with Gasteiger partial charge in [0.2, 0.25) is 5.88 Å². The van der Waals surface area contributed by atoms with Gasteiger partial charge in [0.15, 0.2) is 0 Å². The Morgan fingerprint density at radius 1 is 1.40 bits per heavy atom. The predicted molar refractivity (Wildman–Crippen MR) is 72.4 cm³/mol. The summed E-state index contributed by atoms with van der Waals surface area (Å²) in [5.41, 5.74) is 6.66. The van der Waals surface area contributed by atoms with Gasteiger partial charge in [-0.2, -0.15) is 0 Å². The number of aromatic nitrogens is 1. The number of methoxy groups -OCH3 is 1. The van der Waals surface area contributed by atoms with E-state index >= 15 is 0 Å². The van der Waals surface area contributed by atoms with E-state index in [1.54, 1.807) is 24.3 Å². The van der Waals surface area contributed by atoms with Crippen molar-refractivity contribution in [2.45, 2.75) is 6.61 Å². The second-order valence-corrected chi connectivity index (χ2v) is 3.97. The van der Waals surface area contributed by atoms with Gasteiger partial charge in [-0.3, -0.25) is 0 Å². The zero-order chi connectivity index (χ0) is 14.5. The number of aliphatic hydroxyl groups excluding tert-OH is 1. The summed E-state index contributed by atoms with van der Waals surface area (Å²) in [5, 5.41) is 9.23. The number of anilines is 1. The second kappa shape index (κ2) is 6.03. The van der Waals surface area contributed by atoms with Gasteiger partial charge >= 0.3 is 5.97 Å². The minimum atomic E-state index is -0.565. The molecule has 2 aromatic rings. The smallest absolute Gasteiger partial charge is 0.340 e. The first-order valence-electron chi connectivity index (χ1n) is 5.86. The molecule has 0 aliphatic heterocycles. The Kier molecular flexibility index (Phi) is 4.17. The summed E-state index contributed by atoms with van der Waals surface area (Å²) in [6.45, 7) is -0.158. The maximum absolute atomic E-state index is 11.5. The Labute approximate surface area is 115 Å². The van der Waals surface area contributed by atoms with Crippen molar-refractivity contribution in [1.82, 2.24) is 4.98 Å². The molecule has 0 spiro atoms. The van der Waals surface area contributed by atoms with Crippen molar-refractivity contribution < 1.29 is 19.4 Å². The van der Waals surface area contributed by atoms with Gasteiger partial charge in [0, 0.05) is 11.6 Å². The molecule has 20 heavy (non-hydrogen) atoms. The highest BCUT2D eigenvalue weighted by atomic mass is 16.5. The molecular weight excluding hydrogens is 260 g/mol. The van der Waals surface area contributed by atoms with Crippen LogP contribution in [0.2, 0.25) is 0 Å². The van der Waals surface area contributed by atoms with E-state index in [2.05, 4.69) is 9.72 Å². The number of aliphatic hydroxyl groups is 1. The van der Waals surface area contributed by atoms with Crippen LogP contribution >= 0.6 is 0 Å². The molecule has 1 aromatic carbocycles. The van der Waals surface area contributed by atoms with E-state index in [4.69, 9.17) is 10.5 Å². The number of nitrogens with zero attached hydrogens (tertiary/aromatic N) is 1. The molecule has 3 N–H and O–H groups in total. The number of benzene rings is 1. The molecule has 2 rings (SSSR count). The number of para-hydroxylation sites is 1. The lowest BCUT2D eigenvalue weighted by Gasteiger charge is -2.10. The van der Waals surface area contributed by atoms with Gasteiger partial charge in [-0.05, 0) is 6.07 Å². The fraction of sp³-hybridized carbons (Fsp3) is 0.143. The molecule has 104 valence electrons. The lowest BCUT2D eigenvalue weighted by atomic mass is 10.2. The van der Waals surface area contributed by atoms with Crippen LogP contribution in [0.5, 0.6) is 11.6 Å². The molecule has 0 fully saturated rings. The zero-order valence-electron chi connectivity index (χ0n) is 10.9. The van der Waals surface area contributed by atoms with E-state index in [0.717, 1.165) is 0 Å². The molecule has 0 amide bonds. The number of pyridine rings is 1. The monoisotopic (exact) mass is 274 g/mol. The fourth-order valence-electron chi connectivity index (χ4n) is 1.64. The van der Waals surface area contributed by atoms with E-state index in [9.17, 15) is 9.90 Å². The van der Waals surface area contributed by atoms with Gasteiger partial charge in [0.25, 0.3) is 0 Å². The van der Waals surface area contributed by atoms with E-state index in [1.807, 2.05) is 0 Å². The normalized spacial score (nSPS) is 10.1. The third kappa shape index (κ3) is 2.86. The molecule has 0 unspecified atom stereocenters. The van der Waals surface area contributed by atoms with Crippen LogP contribution < -0.4 is 10.5 Å². The average molecular weight is 274 g/mol. The molecule has 0 saturated carbocycles. The van der Waals surface area contributed by atoms with Crippen LogP contribution in [-0.2, 0) is 11.3 Å². The lowest BCUT2D eigenvalue weighted by Crippen LogP contribution is -2.06. The number of carbonyl (C=O) groups is 1. The molecule has 0 saturated heterocycles. The number of carbonyl (C=O) groups excluding carboxylic acids is 1. The minimum Gasteiger partial charge on any atom is -0.465 e. The van der Waals surface area contributed by atoms with Crippen LogP contribution in [0.15, 0.2) is 36.5 Å². The Morgan fingerprint density at radius 2 is 2.15 bits per heavy atom. The predicted octanol–water partition coefficient (Wildman–Crippen LogP) is 1.73. The van der Waals surface area contributed by atoms with Crippen molar-refractivity contribution in [2.75, 3.05) is 12.8 Å². The largest absolute Gasteiger partial charge is 0.465 e. The minimum absolute atomic E-state index is 0.158. The van der Waals surface area contributed by atoms with Crippen LogP contribution in [0.25, 0.3) is 0 Å². The SMILES string of the molecule is COC(=O)c1cc(Oc2ccccc2CO)ncc1N. The molecule has 0 aliphatic rings. The first-order valence-corrected chi connectivity index (χ1v) is 5.86. The zero-order valence-corrected chi connectivity index (χ0v) is 10.9. The summed E-state index contributed by atoms with van der Waals surface area (Å²) in [6, 6.07) is 8.38. The molecule has 6 nitrogen and oxygen atoms in total. The highest BCUT2D eigenvalue weighted by molar-refractivity contribution is 5.95. The molecule has 0 radical (unpaired) electrons. The van der Waals surface area contributed by atoms with Gasteiger partial charge < -0.3 is 20.3 Å². The second-order valence-electron chi connectivity index (χ2n) is 3.97. The summed E-state index contributed by atoms with van der Waals surface area (Å²) in [6.07, 6.45) is 1.32. The molecule has 0 bridgehead atoms. The van der Waals surface area contributed by atoms with Gasteiger partial charge in [0.05, 0.1) is 31.2 Å². The van der Waals surface area contributed by atoms with Crippen molar-refractivity contribution in [3.63, 3.8) is 0 Å². The topological polar surface area (TPSA) is 94.7 Å². The Hall–Kier alpha value is -2.60. The molecule has 1 aromatic heterocycles. The molecular formula is C14H14N2O4. The number of hydrogen-bond acceptors (Lipinski definition) is 6.